The number of hydrazone groups is 1. The molecule has 0 saturated heterocycles. The van der Waals surface area contributed by atoms with Gasteiger partial charge < -0.3 is 5.73 Å². The number of amides is 1. The second-order valence-electron chi connectivity index (χ2n) is 3.97. The number of hydrogen-bond acceptors (Lipinski definition) is 2. The molecule has 0 aromatic heterocycles. The van der Waals surface area contributed by atoms with E-state index in [-0.39, 0.29) is 5.91 Å². The fourth-order valence-corrected chi connectivity index (χ4v) is 1.44. The zero-order valence-electron chi connectivity index (χ0n) is 8.90. The van der Waals surface area contributed by atoms with Crippen LogP contribution in [-0.4, -0.2) is 17.2 Å². The topological polar surface area (TPSA) is 60.3 Å². The molecule has 0 radical (unpaired) electrons. The van der Waals surface area contributed by atoms with Crippen LogP contribution in [0.4, 0.5) is 5.69 Å². The third-order valence-electron chi connectivity index (χ3n) is 2.71. The molecule has 1 amide bonds. The lowest BCUT2D eigenvalue weighted by molar-refractivity contribution is -0.423. The van der Waals surface area contributed by atoms with Crippen molar-refractivity contribution in [2.75, 3.05) is 5.01 Å². The van der Waals surface area contributed by atoms with E-state index in [2.05, 4.69) is 10.8 Å². The average Bonchev–Trinajstić information content (AvgIpc) is 2.44. The molecule has 1 heterocycles. The molecule has 0 aliphatic carbocycles. The van der Waals surface area contributed by atoms with Gasteiger partial charge in [0.25, 0.3) is 0 Å². The lowest BCUT2D eigenvalue weighted by Crippen LogP contribution is -2.78. The number of hydrogen-bond donors (Lipinski definition) is 1. The second kappa shape index (κ2) is 3.17. The van der Waals surface area contributed by atoms with Crippen molar-refractivity contribution in [1.29, 1.82) is 0 Å². The maximum atomic E-state index is 12.0. The van der Waals surface area contributed by atoms with Crippen molar-refractivity contribution < 1.29 is 10.5 Å². The van der Waals surface area contributed by atoms with Crippen LogP contribution in [0.25, 0.3) is 0 Å². The summed E-state index contributed by atoms with van der Waals surface area (Å²) in [4.78, 5) is 12.0. The number of rotatable bonds is 1. The zero-order chi connectivity index (χ0) is 11.1. The van der Waals surface area contributed by atoms with Crippen LogP contribution < -0.4 is 10.7 Å². The first-order valence-corrected chi connectivity index (χ1v) is 4.84. The van der Waals surface area contributed by atoms with Crippen molar-refractivity contribution in [3.8, 4) is 0 Å². The minimum atomic E-state index is -0.726. The summed E-state index contributed by atoms with van der Waals surface area (Å²) in [6, 6.07) is 9.38. The van der Waals surface area contributed by atoms with Gasteiger partial charge in [-0.15, -0.1) is 0 Å². The number of para-hydroxylation sites is 1. The molecule has 4 heteroatoms. The third-order valence-corrected chi connectivity index (χ3v) is 2.71. The Morgan fingerprint density at radius 1 is 1.33 bits per heavy atom. The second-order valence-corrected chi connectivity index (χ2v) is 3.97. The standard InChI is InChI=1S/C11H13N3O/c1-8-11(2,12)10(15)14(13-8)9-6-4-3-5-7-9/h3-7H,12H2,1-2H3/p+1/t11-/m0/s1. The summed E-state index contributed by atoms with van der Waals surface area (Å²) < 4.78 is 0. The number of anilines is 1. The molecule has 0 spiro atoms. The molecule has 0 saturated carbocycles. The first-order valence-electron chi connectivity index (χ1n) is 4.84. The van der Waals surface area contributed by atoms with Gasteiger partial charge in [-0.05, 0) is 19.1 Å². The normalized spacial score (nSPS) is 25.7. The monoisotopic (exact) mass is 204 g/mol. The van der Waals surface area contributed by atoms with Crippen LogP contribution in [0, 0.1) is 0 Å². The van der Waals surface area contributed by atoms with E-state index in [0.29, 0.717) is 0 Å². The maximum Gasteiger partial charge on any atom is 0.314 e. The molecule has 15 heavy (non-hydrogen) atoms. The predicted octanol–water partition coefficient (Wildman–Crippen LogP) is 0.410. The molecule has 0 unspecified atom stereocenters. The molecule has 1 aliphatic heterocycles. The summed E-state index contributed by atoms with van der Waals surface area (Å²) in [6.45, 7) is 3.62. The Balaban J connectivity index is 2.40. The smallest absolute Gasteiger partial charge is 0.314 e. The van der Waals surface area contributed by atoms with Gasteiger partial charge in [-0.1, -0.05) is 18.2 Å². The molecule has 1 aromatic carbocycles. The van der Waals surface area contributed by atoms with E-state index >= 15 is 0 Å². The van der Waals surface area contributed by atoms with Gasteiger partial charge in [0.05, 0.1) is 5.69 Å². The minimum Gasteiger partial charge on any atom is -0.340 e. The molecule has 1 aliphatic rings. The largest absolute Gasteiger partial charge is 0.340 e. The van der Waals surface area contributed by atoms with E-state index in [9.17, 15) is 4.79 Å². The molecule has 2 rings (SSSR count). The summed E-state index contributed by atoms with van der Waals surface area (Å²) >= 11 is 0. The van der Waals surface area contributed by atoms with Crippen LogP contribution in [0.1, 0.15) is 13.8 Å². The SMILES string of the molecule is CC1=NN(c2ccccc2)C(=O)[C@@]1(C)[NH3+]. The van der Waals surface area contributed by atoms with Gasteiger partial charge in [-0.2, -0.15) is 10.1 Å². The van der Waals surface area contributed by atoms with Gasteiger partial charge >= 0.3 is 5.91 Å². The molecule has 0 fully saturated rings. The summed E-state index contributed by atoms with van der Waals surface area (Å²) in [6.07, 6.45) is 0. The van der Waals surface area contributed by atoms with Gasteiger partial charge in [-0.3, -0.25) is 4.79 Å². The molecule has 78 valence electrons. The van der Waals surface area contributed by atoms with Gasteiger partial charge in [-0.25, -0.2) is 0 Å². The lowest BCUT2D eigenvalue weighted by atomic mass is 9.98. The fourth-order valence-electron chi connectivity index (χ4n) is 1.44. The highest BCUT2D eigenvalue weighted by Gasteiger charge is 2.46. The van der Waals surface area contributed by atoms with Crippen LogP contribution in [0.15, 0.2) is 35.4 Å². The average molecular weight is 204 g/mol. The van der Waals surface area contributed by atoms with Crippen molar-refractivity contribution in [2.24, 2.45) is 5.10 Å². The van der Waals surface area contributed by atoms with Gasteiger partial charge in [0.1, 0.15) is 5.71 Å². The summed E-state index contributed by atoms with van der Waals surface area (Å²) in [5.41, 5.74) is 4.69. The van der Waals surface area contributed by atoms with E-state index < -0.39 is 5.54 Å². The molecule has 0 bridgehead atoms. The molecule has 3 N–H and O–H groups in total. The van der Waals surface area contributed by atoms with Crippen LogP contribution in [-0.2, 0) is 4.79 Å². The Morgan fingerprint density at radius 3 is 2.40 bits per heavy atom. The number of carbonyl (C=O) groups excluding carboxylic acids is 1. The molecule has 1 atom stereocenters. The quantitative estimate of drug-likeness (QED) is 0.707. The molecule has 4 nitrogen and oxygen atoms in total. The van der Waals surface area contributed by atoms with Gasteiger partial charge in [0.15, 0.2) is 0 Å². The van der Waals surface area contributed by atoms with Crippen LogP contribution in [0.3, 0.4) is 0 Å². The van der Waals surface area contributed by atoms with Crippen LogP contribution >= 0.6 is 0 Å². The minimum absolute atomic E-state index is 0.0776. The summed E-state index contributed by atoms with van der Waals surface area (Å²) in [5.74, 6) is -0.0776. The van der Waals surface area contributed by atoms with Gasteiger partial charge in [0, 0.05) is 6.92 Å². The predicted molar refractivity (Wildman–Crippen MR) is 58.3 cm³/mol. The van der Waals surface area contributed by atoms with Crippen LogP contribution in [0.5, 0.6) is 0 Å². The van der Waals surface area contributed by atoms with Gasteiger partial charge in [0.2, 0.25) is 5.54 Å². The van der Waals surface area contributed by atoms with Crippen molar-refractivity contribution in [3.05, 3.63) is 30.3 Å². The highest BCUT2D eigenvalue weighted by atomic mass is 16.2. The number of carbonyl (C=O) groups is 1. The number of benzene rings is 1. The lowest BCUT2D eigenvalue weighted by Gasteiger charge is -2.15. The Morgan fingerprint density at radius 2 is 1.93 bits per heavy atom. The maximum absolute atomic E-state index is 12.0. The molecular formula is C11H14N3O+. The van der Waals surface area contributed by atoms with E-state index in [1.165, 1.54) is 5.01 Å². The van der Waals surface area contributed by atoms with E-state index in [1.54, 1.807) is 6.92 Å². The Labute approximate surface area is 88.4 Å². The summed E-state index contributed by atoms with van der Waals surface area (Å²) in [5, 5.41) is 5.65. The van der Waals surface area contributed by atoms with E-state index in [4.69, 9.17) is 0 Å². The van der Waals surface area contributed by atoms with Crippen molar-refractivity contribution >= 4 is 17.3 Å². The highest BCUT2D eigenvalue weighted by molar-refractivity contribution is 6.20. The highest BCUT2D eigenvalue weighted by Crippen LogP contribution is 2.23. The van der Waals surface area contributed by atoms with Crippen molar-refractivity contribution in [3.63, 3.8) is 0 Å². The van der Waals surface area contributed by atoms with Crippen molar-refractivity contribution in [1.82, 2.24) is 0 Å². The van der Waals surface area contributed by atoms with Crippen LogP contribution in [0.2, 0.25) is 0 Å². The molecular weight excluding hydrogens is 190 g/mol. The Kier molecular flexibility index (Phi) is 2.08. The summed E-state index contributed by atoms with van der Waals surface area (Å²) in [7, 11) is 0. The first-order chi connectivity index (χ1) is 7.03. The Hall–Kier alpha value is -1.68. The fraction of sp³-hybridized carbons (Fsp3) is 0.273. The Bertz CT molecular complexity index is 423. The molecule has 1 aromatic rings. The van der Waals surface area contributed by atoms with Crippen molar-refractivity contribution in [2.45, 2.75) is 19.4 Å². The van der Waals surface area contributed by atoms with E-state index in [0.717, 1.165) is 11.4 Å². The zero-order valence-corrected chi connectivity index (χ0v) is 8.90. The first kappa shape index (κ1) is 9.86. The number of nitrogens with zero attached hydrogens (tertiary/aromatic N) is 2. The third kappa shape index (κ3) is 1.43. The number of quaternary nitrogens is 1. The van der Waals surface area contributed by atoms with E-state index in [1.807, 2.05) is 37.3 Å².